The van der Waals surface area contributed by atoms with Gasteiger partial charge in [0, 0.05) is 26.7 Å². The molecule has 8 nitrogen and oxygen atoms in total. The van der Waals surface area contributed by atoms with Crippen LogP contribution >= 0.6 is 11.3 Å². The van der Waals surface area contributed by atoms with Gasteiger partial charge in [-0.1, -0.05) is 56.0 Å². The molecule has 0 spiro atoms. The summed E-state index contributed by atoms with van der Waals surface area (Å²) < 4.78 is 29.1. The second-order valence-corrected chi connectivity index (χ2v) is 13.7. The fraction of sp³-hybridized carbons (Fsp3) is 0.433. The first-order chi connectivity index (χ1) is 19.3. The summed E-state index contributed by atoms with van der Waals surface area (Å²) >= 11 is 1.42. The number of hydrogen-bond donors (Lipinski definition) is 2. The molecule has 3 aromatic rings. The third-order valence-electron chi connectivity index (χ3n) is 7.97. The van der Waals surface area contributed by atoms with Gasteiger partial charge in [0.1, 0.15) is 12.1 Å². The molecular formula is C30H38N4O4S2. The van der Waals surface area contributed by atoms with E-state index in [0.29, 0.717) is 43.0 Å². The normalized spacial score (nSPS) is 19.5. The summed E-state index contributed by atoms with van der Waals surface area (Å²) in [6.07, 6.45) is 6.68. The van der Waals surface area contributed by atoms with E-state index in [1.54, 1.807) is 12.1 Å². The summed E-state index contributed by atoms with van der Waals surface area (Å²) in [7, 11) is -3.83. The van der Waals surface area contributed by atoms with Crippen molar-refractivity contribution in [3.63, 3.8) is 0 Å². The Balaban J connectivity index is 0.00000242. The standard InChI is InChI=1S/C30H34N4O4S2.2H2/c31-20-23-11-4-6-14-28(23)40(37,38)34-16-7-12-24(15-17-34)32-29(35)25(18-21-8-1-2-9-21)33-30(36)27-19-22-10-3-5-13-26(22)39-27;;/h3-6,10-11,13-14,19,21,24-25H,1-2,7-9,12,15-18H2,(H,32,35)(H,33,36);2*1H/t24?,25-;;/m0../s1. The van der Waals surface area contributed by atoms with E-state index in [-0.39, 0.29) is 37.7 Å². The number of carbonyl (C=O) groups is 2. The Bertz CT molecular complexity index is 1500. The zero-order valence-electron chi connectivity index (χ0n) is 22.3. The molecule has 1 aliphatic carbocycles. The molecule has 1 aromatic heterocycles. The molecule has 1 unspecified atom stereocenters. The van der Waals surface area contributed by atoms with E-state index in [1.807, 2.05) is 36.4 Å². The average molecular weight is 583 g/mol. The molecule has 2 aromatic carbocycles. The van der Waals surface area contributed by atoms with Crippen LogP contribution in [-0.2, 0) is 14.8 Å². The summed E-state index contributed by atoms with van der Waals surface area (Å²) in [4.78, 5) is 27.4. The van der Waals surface area contributed by atoms with Crippen LogP contribution in [0.3, 0.4) is 0 Å². The third kappa shape index (κ3) is 6.38. The Morgan fingerprint density at radius 3 is 2.55 bits per heavy atom. The largest absolute Gasteiger partial charge is 0.352 e. The van der Waals surface area contributed by atoms with Gasteiger partial charge in [-0.25, -0.2) is 8.42 Å². The summed E-state index contributed by atoms with van der Waals surface area (Å²) in [5, 5.41) is 16.5. The highest BCUT2D eigenvalue weighted by Crippen LogP contribution is 2.30. The third-order valence-corrected chi connectivity index (χ3v) is 11.0. The molecule has 2 amide bonds. The molecule has 1 saturated carbocycles. The van der Waals surface area contributed by atoms with Crippen molar-refractivity contribution in [1.82, 2.24) is 14.9 Å². The number of nitrogens with one attached hydrogen (secondary N) is 2. The summed E-state index contributed by atoms with van der Waals surface area (Å²) in [6, 6.07) is 17.1. The molecule has 214 valence electrons. The quantitative estimate of drug-likeness (QED) is 0.373. The van der Waals surface area contributed by atoms with Gasteiger partial charge >= 0.3 is 0 Å². The smallest absolute Gasteiger partial charge is 0.262 e. The molecule has 0 bridgehead atoms. The Hall–Kier alpha value is -3.26. The zero-order valence-corrected chi connectivity index (χ0v) is 24.0. The fourth-order valence-corrected chi connectivity index (χ4v) is 8.41. The number of nitrogens with zero attached hydrogens (tertiary/aromatic N) is 2. The molecule has 2 atom stereocenters. The minimum Gasteiger partial charge on any atom is -0.352 e. The van der Waals surface area contributed by atoms with Crippen molar-refractivity contribution in [2.45, 2.75) is 68.3 Å². The molecule has 40 heavy (non-hydrogen) atoms. The van der Waals surface area contributed by atoms with Gasteiger partial charge in [0.15, 0.2) is 0 Å². The number of carbonyl (C=O) groups excluding carboxylic acids is 2. The molecular weight excluding hydrogens is 544 g/mol. The lowest BCUT2D eigenvalue weighted by Crippen LogP contribution is -2.50. The lowest BCUT2D eigenvalue weighted by atomic mass is 9.97. The first-order valence-electron chi connectivity index (χ1n) is 13.9. The Morgan fingerprint density at radius 1 is 1.02 bits per heavy atom. The SMILES string of the molecule is N#Cc1ccccc1S(=O)(=O)N1CCCC(NC(=O)[C@H](CC2CCCC2)NC(=O)c2cc3ccccc3s2)CC1.[HH].[HH]. The molecule has 2 aliphatic rings. The highest BCUT2D eigenvalue weighted by Gasteiger charge is 2.32. The van der Waals surface area contributed by atoms with E-state index in [0.717, 1.165) is 35.8 Å². The number of thiophene rings is 1. The van der Waals surface area contributed by atoms with Gasteiger partial charge in [-0.3, -0.25) is 9.59 Å². The van der Waals surface area contributed by atoms with Crippen LogP contribution in [0.4, 0.5) is 0 Å². The van der Waals surface area contributed by atoms with Crippen LogP contribution in [0.15, 0.2) is 59.5 Å². The molecule has 1 saturated heterocycles. The second kappa shape index (κ2) is 12.5. The van der Waals surface area contributed by atoms with Crippen LogP contribution in [0.25, 0.3) is 10.1 Å². The zero-order chi connectivity index (χ0) is 28.1. The van der Waals surface area contributed by atoms with Gasteiger partial charge in [-0.2, -0.15) is 9.57 Å². The van der Waals surface area contributed by atoms with E-state index in [1.165, 1.54) is 27.8 Å². The number of rotatable bonds is 8. The number of amides is 2. The van der Waals surface area contributed by atoms with Crippen molar-refractivity contribution < 1.29 is 20.9 Å². The van der Waals surface area contributed by atoms with Crippen LogP contribution in [0.5, 0.6) is 0 Å². The molecule has 0 radical (unpaired) electrons. The lowest BCUT2D eigenvalue weighted by Gasteiger charge is -2.25. The first kappa shape index (κ1) is 28.3. The number of nitriles is 1. The van der Waals surface area contributed by atoms with Gasteiger partial charge in [-0.05, 0) is 61.3 Å². The molecule has 2 fully saturated rings. The van der Waals surface area contributed by atoms with E-state index in [9.17, 15) is 23.3 Å². The van der Waals surface area contributed by atoms with Crippen molar-refractivity contribution in [2.24, 2.45) is 5.92 Å². The Kier molecular flexibility index (Phi) is 8.84. The summed E-state index contributed by atoms with van der Waals surface area (Å²) in [5.41, 5.74) is 0.126. The van der Waals surface area contributed by atoms with Crippen LogP contribution in [0.1, 0.15) is 69.5 Å². The van der Waals surface area contributed by atoms with E-state index < -0.39 is 16.1 Å². The monoisotopic (exact) mass is 582 g/mol. The fourth-order valence-electron chi connectivity index (χ4n) is 5.81. The van der Waals surface area contributed by atoms with E-state index >= 15 is 0 Å². The van der Waals surface area contributed by atoms with Crippen molar-refractivity contribution in [3.05, 3.63) is 65.0 Å². The minimum atomic E-state index is -3.83. The lowest BCUT2D eigenvalue weighted by molar-refractivity contribution is -0.124. The van der Waals surface area contributed by atoms with Crippen LogP contribution in [0, 0.1) is 17.2 Å². The summed E-state index contributed by atoms with van der Waals surface area (Å²) in [6.45, 7) is 0.567. The first-order valence-corrected chi connectivity index (χ1v) is 16.2. The molecule has 2 heterocycles. The maximum absolute atomic E-state index is 13.5. The number of fused-ring (bicyclic) bond motifs is 1. The molecule has 1 aliphatic heterocycles. The maximum Gasteiger partial charge on any atom is 0.262 e. The van der Waals surface area contributed by atoms with Crippen molar-refractivity contribution in [2.75, 3.05) is 13.1 Å². The molecule has 5 rings (SSSR count). The highest BCUT2D eigenvalue weighted by molar-refractivity contribution is 7.89. The molecule has 2 N–H and O–H groups in total. The Labute approximate surface area is 242 Å². The van der Waals surface area contributed by atoms with Crippen molar-refractivity contribution in [1.29, 1.82) is 5.26 Å². The van der Waals surface area contributed by atoms with Crippen molar-refractivity contribution >= 4 is 43.3 Å². The van der Waals surface area contributed by atoms with Crippen LogP contribution in [-0.4, -0.2) is 49.7 Å². The number of hydrogen-bond acceptors (Lipinski definition) is 6. The van der Waals surface area contributed by atoms with Gasteiger partial charge in [0.05, 0.1) is 15.3 Å². The van der Waals surface area contributed by atoms with Gasteiger partial charge < -0.3 is 10.6 Å². The predicted octanol–water partition coefficient (Wildman–Crippen LogP) is 5.30. The van der Waals surface area contributed by atoms with Gasteiger partial charge in [0.25, 0.3) is 5.91 Å². The Morgan fingerprint density at radius 2 is 1.77 bits per heavy atom. The van der Waals surface area contributed by atoms with Gasteiger partial charge in [-0.15, -0.1) is 11.3 Å². The highest BCUT2D eigenvalue weighted by atomic mass is 32.2. The number of sulfonamides is 1. The van der Waals surface area contributed by atoms with Crippen LogP contribution < -0.4 is 10.6 Å². The maximum atomic E-state index is 13.5. The van der Waals surface area contributed by atoms with E-state index in [2.05, 4.69) is 10.6 Å². The van der Waals surface area contributed by atoms with Gasteiger partial charge in [0.2, 0.25) is 15.9 Å². The van der Waals surface area contributed by atoms with Crippen molar-refractivity contribution in [3.8, 4) is 6.07 Å². The topological polar surface area (TPSA) is 119 Å². The minimum absolute atomic E-state index is 0. The van der Waals surface area contributed by atoms with Crippen LogP contribution in [0.2, 0.25) is 0 Å². The number of benzene rings is 2. The predicted molar refractivity (Wildman–Crippen MR) is 160 cm³/mol. The molecule has 10 heteroatoms. The summed E-state index contributed by atoms with van der Waals surface area (Å²) in [5.74, 6) is -0.0560. The average Bonchev–Trinajstić information content (AvgIpc) is 3.58. The van der Waals surface area contributed by atoms with E-state index in [4.69, 9.17) is 0 Å². The second-order valence-electron chi connectivity index (χ2n) is 10.7.